The Morgan fingerprint density at radius 1 is 1.56 bits per heavy atom. The monoisotopic (exact) mass is 302 g/mol. The molecule has 0 radical (unpaired) electrons. The molecule has 0 aliphatic carbocycles. The van der Waals surface area contributed by atoms with Gasteiger partial charge in [-0.25, -0.2) is 0 Å². The van der Waals surface area contributed by atoms with Crippen molar-refractivity contribution in [2.75, 3.05) is 5.88 Å². The van der Waals surface area contributed by atoms with E-state index < -0.39 is 4.92 Å². The predicted octanol–water partition coefficient (Wildman–Crippen LogP) is 3.40. The zero-order valence-corrected chi connectivity index (χ0v) is 10.6. The standard InChI is InChI=1S/C10H8BrClN2O2/c11-9-4-7(2-1-3-12)10(14(15)16)5-8(9)6-13/h4-5H,1-3H2. The van der Waals surface area contributed by atoms with Crippen molar-refractivity contribution in [3.63, 3.8) is 0 Å². The summed E-state index contributed by atoms with van der Waals surface area (Å²) in [5.41, 5.74) is 0.836. The van der Waals surface area contributed by atoms with Crippen molar-refractivity contribution in [2.45, 2.75) is 12.8 Å². The van der Waals surface area contributed by atoms with Gasteiger partial charge in [0.25, 0.3) is 5.69 Å². The van der Waals surface area contributed by atoms with E-state index in [1.54, 1.807) is 6.07 Å². The SMILES string of the molecule is N#Cc1cc([N+](=O)[O-])c(CCCCl)cc1Br. The average molecular weight is 304 g/mol. The summed E-state index contributed by atoms with van der Waals surface area (Å²) in [5, 5.41) is 19.6. The normalized spacial score (nSPS) is 9.81. The molecule has 0 spiro atoms. The molecule has 0 amide bonds. The summed E-state index contributed by atoms with van der Waals surface area (Å²) in [6, 6.07) is 4.80. The van der Waals surface area contributed by atoms with Gasteiger partial charge in [-0.15, -0.1) is 11.6 Å². The van der Waals surface area contributed by atoms with E-state index in [2.05, 4.69) is 15.9 Å². The molecule has 0 N–H and O–H groups in total. The number of nitro groups is 1. The number of hydrogen-bond acceptors (Lipinski definition) is 3. The van der Waals surface area contributed by atoms with Crippen LogP contribution in [0.25, 0.3) is 0 Å². The summed E-state index contributed by atoms with van der Waals surface area (Å²) >= 11 is 8.75. The van der Waals surface area contributed by atoms with Crippen LogP contribution in [-0.2, 0) is 6.42 Å². The van der Waals surface area contributed by atoms with E-state index in [4.69, 9.17) is 16.9 Å². The van der Waals surface area contributed by atoms with Crippen molar-refractivity contribution >= 4 is 33.2 Å². The molecule has 0 unspecified atom stereocenters. The Hall–Kier alpha value is -1.12. The van der Waals surface area contributed by atoms with Crippen LogP contribution in [0.3, 0.4) is 0 Å². The molecule has 0 bridgehead atoms. The summed E-state index contributed by atoms with van der Waals surface area (Å²) in [6.07, 6.45) is 1.20. The molecule has 4 nitrogen and oxygen atoms in total. The van der Waals surface area contributed by atoms with E-state index in [0.717, 1.165) is 0 Å². The van der Waals surface area contributed by atoms with Gasteiger partial charge in [0.1, 0.15) is 6.07 Å². The number of rotatable bonds is 4. The number of nitrogens with zero attached hydrogens (tertiary/aromatic N) is 2. The third-order valence-electron chi connectivity index (χ3n) is 2.07. The second kappa shape index (κ2) is 5.83. The molecule has 16 heavy (non-hydrogen) atoms. The number of hydrogen-bond donors (Lipinski definition) is 0. The van der Waals surface area contributed by atoms with Crippen molar-refractivity contribution in [3.05, 3.63) is 37.8 Å². The van der Waals surface area contributed by atoms with Crippen molar-refractivity contribution in [1.82, 2.24) is 0 Å². The van der Waals surface area contributed by atoms with Gasteiger partial charge >= 0.3 is 0 Å². The first-order valence-corrected chi connectivity index (χ1v) is 5.85. The first-order chi connectivity index (χ1) is 7.60. The minimum atomic E-state index is -0.475. The summed E-state index contributed by atoms with van der Waals surface area (Å²) in [5.74, 6) is 0.453. The van der Waals surface area contributed by atoms with Crippen molar-refractivity contribution < 1.29 is 4.92 Å². The van der Waals surface area contributed by atoms with Crippen molar-refractivity contribution in [1.29, 1.82) is 5.26 Å². The Labute approximate surface area is 106 Å². The molecule has 0 aliphatic rings. The molecule has 1 rings (SSSR count). The van der Waals surface area contributed by atoms with Crippen molar-refractivity contribution in [3.8, 4) is 6.07 Å². The molecule has 0 aromatic heterocycles. The molecule has 0 aliphatic heterocycles. The zero-order valence-electron chi connectivity index (χ0n) is 8.24. The van der Waals surface area contributed by atoms with Crippen LogP contribution in [0.4, 0.5) is 5.69 Å². The molecule has 0 atom stereocenters. The van der Waals surface area contributed by atoms with Crippen molar-refractivity contribution in [2.24, 2.45) is 0 Å². The zero-order chi connectivity index (χ0) is 12.1. The fourth-order valence-electron chi connectivity index (χ4n) is 1.32. The first kappa shape index (κ1) is 12.9. The second-order valence-electron chi connectivity index (χ2n) is 3.12. The number of benzene rings is 1. The van der Waals surface area contributed by atoms with Crippen LogP contribution in [-0.4, -0.2) is 10.8 Å². The fraction of sp³-hybridized carbons (Fsp3) is 0.300. The van der Waals surface area contributed by atoms with Gasteiger partial charge in [-0.05, 0) is 34.8 Å². The van der Waals surface area contributed by atoms with E-state index >= 15 is 0 Å². The molecule has 0 saturated carbocycles. The second-order valence-corrected chi connectivity index (χ2v) is 4.35. The Kier molecular flexibility index (Phi) is 4.71. The third kappa shape index (κ3) is 2.94. The van der Waals surface area contributed by atoms with E-state index in [1.807, 2.05) is 6.07 Å². The largest absolute Gasteiger partial charge is 0.273 e. The van der Waals surface area contributed by atoms with Gasteiger partial charge in [-0.1, -0.05) is 0 Å². The van der Waals surface area contributed by atoms with E-state index in [0.29, 0.717) is 28.8 Å². The van der Waals surface area contributed by atoms with Crippen LogP contribution in [0.1, 0.15) is 17.5 Å². The maximum atomic E-state index is 10.8. The highest BCUT2D eigenvalue weighted by Crippen LogP contribution is 2.27. The van der Waals surface area contributed by atoms with Crippen LogP contribution in [0.2, 0.25) is 0 Å². The highest BCUT2D eigenvalue weighted by Gasteiger charge is 2.16. The Bertz CT molecular complexity index is 457. The minimum Gasteiger partial charge on any atom is -0.258 e. The molecule has 0 saturated heterocycles. The van der Waals surface area contributed by atoms with Gasteiger partial charge in [-0.2, -0.15) is 5.26 Å². The molecule has 6 heteroatoms. The van der Waals surface area contributed by atoms with Gasteiger partial charge in [0.05, 0.1) is 10.5 Å². The molecule has 1 aromatic rings. The maximum Gasteiger partial charge on any atom is 0.273 e. The number of nitro benzene ring substituents is 1. The minimum absolute atomic E-state index is 0.0233. The maximum absolute atomic E-state index is 10.8. The van der Waals surface area contributed by atoms with Gasteiger partial charge in [0.2, 0.25) is 0 Å². The topological polar surface area (TPSA) is 66.9 Å². The summed E-state index contributed by atoms with van der Waals surface area (Å²) in [7, 11) is 0. The number of nitriles is 1. The lowest BCUT2D eigenvalue weighted by atomic mass is 10.1. The Morgan fingerprint density at radius 3 is 2.75 bits per heavy atom. The van der Waals surface area contributed by atoms with Gasteiger partial charge in [-0.3, -0.25) is 10.1 Å². The highest BCUT2D eigenvalue weighted by atomic mass is 79.9. The fourth-order valence-corrected chi connectivity index (χ4v) is 1.93. The van der Waals surface area contributed by atoms with Gasteiger partial charge in [0, 0.05) is 22.0 Å². The highest BCUT2D eigenvalue weighted by molar-refractivity contribution is 9.10. The number of aryl methyl sites for hydroxylation is 1. The Morgan fingerprint density at radius 2 is 2.25 bits per heavy atom. The van der Waals surface area contributed by atoms with Crippen LogP contribution in [0.15, 0.2) is 16.6 Å². The first-order valence-electron chi connectivity index (χ1n) is 4.53. The lowest BCUT2D eigenvalue weighted by molar-refractivity contribution is -0.385. The molecule has 0 fully saturated rings. The quantitative estimate of drug-likeness (QED) is 0.486. The summed E-state index contributed by atoms with van der Waals surface area (Å²) in [6.45, 7) is 0. The van der Waals surface area contributed by atoms with Crippen LogP contribution in [0, 0.1) is 21.4 Å². The lowest BCUT2D eigenvalue weighted by Crippen LogP contribution is -1.98. The number of halogens is 2. The van der Waals surface area contributed by atoms with Gasteiger partial charge in [0.15, 0.2) is 0 Å². The Balaban J connectivity index is 3.20. The molecule has 1 aromatic carbocycles. The average Bonchev–Trinajstić information content (AvgIpc) is 2.25. The lowest BCUT2D eigenvalue weighted by Gasteiger charge is -2.03. The van der Waals surface area contributed by atoms with E-state index in [9.17, 15) is 10.1 Å². The number of alkyl halides is 1. The molecule has 0 heterocycles. The molecule has 84 valence electrons. The predicted molar refractivity (Wildman–Crippen MR) is 64.6 cm³/mol. The third-order valence-corrected chi connectivity index (χ3v) is 2.99. The van der Waals surface area contributed by atoms with E-state index in [1.165, 1.54) is 6.07 Å². The molecular formula is C10H8BrClN2O2. The van der Waals surface area contributed by atoms with Crippen LogP contribution in [0.5, 0.6) is 0 Å². The van der Waals surface area contributed by atoms with Crippen LogP contribution >= 0.6 is 27.5 Å². The summed E-state index contributed by atoms with van der Waals surface area (Å²) < 4.78 is 0.574. The van der Waals surface area contributed by atoms with E-state index in [-0.39, 0.29) is 11.3 Å². The smallest absolute Gasteiger partial charge is 0.258 e. The summed E-state index contributed by atoms with van der Waals surface area (Å²) in [4.78, 5) is 10.3. The molecular weight excluding hydrogens is 295 g/mol. The van der Waals surface area contributed by atoms with Gasteiger partial charge < -0.3 is 0 Å². The van der Waals surface area contributed by atoms with Crippen LogP contribution < -0.4 is 0 Å².